The average molecular weight is 402 g/mol. The fraction of sp³-hybridized carbons (Fsp3) is 0.385. The van der Waals surface area contributed by atoms with Gasteiger partial charge in [-0.1, -0.05) is 49.8 Å². The zero-order valence-electron chi connectivity index (χ0n) is 17.3. The Morgan fingerprint density at radius 1 is 0.867 bits per heavy atom. The smallest absolute Gasteiger partial charge is 0.238 e. The summed E-state index contributed by atoms with van der Waals surface area (Å²) in [6, 6.07) is 15.9. The maximum absolute atomic E-state index is 12.9. The van der Waals surface area contributed by atoms with Crippen LogP contribution >= 0.6 is 0 Å². The van der Waals surface area contributed by atoms with E-state index in [1.165, 1.54) is 23.3 Å². The van der Waals surface area contributed by atoms with Crippen molar-refractivity contribution in [3.05, 3.63) is 71.8 Å². The van der Waals surface area contributed by atoms with Crippen molar-refractivity contribution in [1.29, 1.82) is 0 Å². The molecular weight excluding hydrogens is 374 g/mol. The van der Waals surface area contributed by atoms with E-state index < -0.39 is 0 Å². The molecule has 2 fully saturated rings. The summed E-state index contributed by atoms with van der Waals surface area (Å²) in [5.41, 5.74) is 3.13. The number of carbonyl (C=O) groups excluding carboxylic acids is 2. The highest BCUT2D eigenvalue weighted by molar-refractivity contribution is 6.22. The normalized spacial score (nSPS) is 26.5. The highest BCUT2D eigenvalue weighted by Crippen LogP contribution is 2.53. The standard InChI is InChI=1S/C26H27NO3/c1-2-3-4-17-5-7-18(8-6-17)16-30-22-13-11-21(12-14-22)27-25(28)23-19-9-10-20(15-19)24(23)26(27)29/h5-14,19-20,23-24H,2-4,15-16H2,1H3. The molecule has 2 aromatic carbocycles. The summed E-state index contributed by atoms with van der Waals surface area (Å²) < 4.78 is 5.90. The zero-order valence-corrected chi connectivity index (χ0v) is 17.3. The molecule has 1 saturated heterocycles. The SMILES string of the molecule is CCCCc1ccc(COc2ccc(N3C(=O)C4C5C=CC(C5)C4C3=O)cc2)cc1. The molecule has 1 heterocycles. The molecule has 0 aromatic heterocycles. The minimum absolute atomic E-state index is 0.0429. The lowest BCUT2D eigenvalue weighted by Gasteiger charge is -2.17. The van der Waals surface area contributed by atoms with Crippen molar-refractivity contribution in [2.24, 2.45) is 23.7 Å². The number of ether oxygens (including phenoxy) is 1. The topological polar surface area (TPSA) is 46.6 Å². The first-order valence-corrected chi connectivity index (χ1v) is 11.0. The number of fused-ring (bicyclic) bond motifs is 5. The van der Waals surface area contributed by atoms with Gasteiger partial charge in [-0.3, -0.25) is 14.5 Å². The van der Waals surface area contributed by atoms with Gasteiger partial charge in [-0.15, -0.1) is 0 Å². The minimum Gasteiger partial charge on any atom is -0.489 e. The number of aryl methyl sites for hydroxylation is 1. The van der Waals surface area contributed by atoms with Gasteiger partial charge >= 0.3 is 0 Å². The van der Waals surface area contributed by atoms with Gasteiger partial charge < -0.3 is 4.74 Å². The molecule has 4 atom stereocenters. The van der Waals surface area contributed by atoms with Crippen molar-refractivity contribution in [2.45, 2.75) is 39.2 Å². The maximum atomic E-state index is 12.9. The summed E-state index contributed by atoms with van der Waals surface area (Å²) in [5.74, 6) is 0.787. The van der Waals surface area contributed by atoms with E-state index in [1.54, 1.807) is 0 Å². The molecule has 5 rings (SSSR count). The molecule has 0 N–H and O–H groups in total. The highest BCUT2D eigenvalue weighted by atomic mass is 16.5. The highest BCUT2D eigenvalue weighted by Gasteiger charge is 2.59. The Morgan fingerprint density at radius 2 is 1.47 bits per heavy atom. The van der Waals surface area contributed by atoms with E-state index in [4.69, 9.17) is 4.74 Å². The van der Waals surface area contributed by atoms with Crippen LogP contribution in [0, 0.1) is 23.7 Å². The van der Waals surface area contributed by atoms with Crippen molar-refractivity contribution in [3.8, 4) is 5.75 Å². The Morgan fingerprint density at radius 3 is 2.07 bits per heavy atom. The lowest BCUT2D eigenvalue weighted by atomic mass is 9.85. The van der Waals surface area contributed by atoms with Gasteiger partial charge in [0.2, 0.25) is 11.8 Å². The molecule has 2 bridgehead atoms. The first-order valence-electron chi connectivity index (χ1n) is 11.0. The largest absolute Gasteiger partial charge is 0.489 e. The van der Waals surface area contributed by atoms with Crippen LogP contribution in [0.2, 0.25) is 0 Å². The Hall–Kier alpha value is -2.88. The second kappa shape index (κ2) is 7.75. The molecule has 4 unspecified atom stereocenters. The summed E-state index contributed by atoms with van der Waals surface area (Å²) in [4.78, 5) is 27.2. The fourth-order valence-corrected chi connectivity index (χ4v) is 5.20. The second-order valence-corrected chi connectivity index (χ2v) is 8.71. The van der Waals surface area contributed by atoms with Crippen LogP contribution in [0.15, 0.2) is 60.7 Å². The van der Waals surface area contributed by atoms with Crippen LogP contribution in [0.1, 0.15) is 37.3 Å². The molecule has 1 aliphatic heterocycles. The average Bonchev–Trinajstić information content (AvgIpc) is 3.46. The number of hydrogen-bond donors (Lipinski definition) is 0. The molecule has 4 nitrogen and oxygen atoms in total. The van der Waals surface area contributed by atoms with Crippen LogP contribution in [0.4, 0.5) is 5.69 Å². The fourth-order valence-electron chi connectivity index (χ4n) is 5.20. The van der Waals surface area contributed by atoms with Gasteiger partial charge in [-0.2, -0.15) is 0 Å². The van der Waals surface area contributed by atoms with Gasteiger partial charge in [0.1, 0.15) is 12.4 Å². The van der Waals surface area contributed by atoms with Gasteiger partial charge in [-0.25, -0.2) is 0 Å². The number of nitrogens with zero attached hydrogens (tertiary/aromatic N) is 1. The first kappa shape index (κ1) is 19.1. The Balaban J connectivity index is 1.22. The molecule has 0 spiro atoms. The summed E-state index contributed by atoms with van der Waals surface area (Å²) >= 11 is 0. The van der Waals surface area contributed by atoms with Gasteiger partial charge in [0.15, 0.2) is 0 Å². The summed E-state index contributed by atoms with van der Waals surface area (Å²) in [6.45, 7) is 2.70. The molecule has 0 radical (unpaired) electrons. The van der Waals surface area contributed by atoms with Crippen LogP contribution in [0.3, 0.4) is 0 Å². The number of carbonyl (C=O) groups is 2. The zero-order chi connectivity index (χ0) is 20.7. The third kappa shape index (κ3) is 3.24. The van der Waals surface area contributed by atoms with Crippen molar-refractivity contribution in [1.82, 2.24) is 0 Å². The molecular formula is C26H27NO3. The maximum Gasteiger partial charge on any atom is 0.238 e. The minimum atomic E-state index is -0.163. The molecule has 3 aliphatic rings. The van der Waals surface area contributed by atoms with E-state index in [-0.39, 0.29) is 35.5 Å². The Kier molecular flexibility index (Phi) is 4.93. The quantitative estimate of drug-likeness (QED) is 0.489. The van der Waals surface area contributed by atoms with Crippen LogP contribution < -0.4 is 9.64 Å². The van der Waals surface area contributed by atoms with E-state index in [0.29, 0.717) is 12.3 Å². The second-order valence-electron chi connectivity index (χ2n) is 8.71. The van der Waals surface area contributed by atoms with Crippen LogP contribution in [-0.2, 0) is 22.6 Å². The number of hydrogen-bond acceptors (Lipinski definition) is 3. The molecule has 154 valence electrons. The van der Waals surface area contributed by atoms with Crippen LogP contribution in [0.5, 0.6) is 5.75 Å². The number of anilines is 1. The number of amides is 2. The first-order chi connectivity index (χ1) is 14.7. The number of allylic oxidation sites excluding steroid dienone is 2. The molecule has 30 heavy (non-hydrogen) atoms. The van der Waals surface area contributed by atoms with Gasteiger partial charge in [-0.05, 0) is 66.5 Å². The molecule has 2 aromatic rings. The van der Waals surface area contributed by atoms with Crippen LogP contribution in [-0.4, -0.2) is 11.8 Å². The summed E-state index contributed by atoms with van der Waals surface area (Å²) in [6.07, 6.45) is 8.72. The monoisotopic (exact) mass is 401 g/mol. The van der Waals surface area contributed by atoms with E-state index >= 15 is 0 Å². The number of imide groups is 1. The lowest BCUT2D eigenvalue weighted by molar-refractivity contribution is -0.123. The van der Waals surface area contributed by atoms with E-state index in [0.717, 1.165) is 24.2 Å². The molecule has 4 heteroatoms. The van der Waals surface area contributed by atoms with E-state index in [9.17, 15) is 9.59 Å². The van der Waals surface area contributed by atoms with Gasteiger partial charge in [0.25, 0.3) is 0 Å². The van der Waals surface area contributed by atoms with E-state index in [1.807, 2.05) is 24.3 Å². The third-order valence-corrected chi connectivity index (χ3v) is 6.81. The predicted molar refractivity (Wildman–Crippen MR) is 116 cm³/mol. The Bertz CT molecular complexity index is 946. The number of benzene rings is 2. The predicted octanol–water partition coefficient (Wildman–Crippen LogP) is 4.92. The van der Waals surface area contributed by atoms with E-state index in [2.05, 4.69) is 43.3 Å². The van der Waals surface area contributed by atoms with Crippen molar-refractivity contribution >= 4 is 17.5 Å². The summed E-state index contributed by atoms with van der Waals surface area (Å²) in [7, 11) is 0. The third-order valence-electron chi connectivity index (χ3n) is 6.81. The van der Waals surface area contributed by atoms with Crippen LogP contribution in [0.25, 0.3) is 0 Å². The molecule has 2 aliphatic carbocycles. The Labute approximate surface area is 177 Å². The van der Waals surface area contributed by atoms with Crippen molar-refractivity contribution in [3.63, 3.8) is 0 Å². The van der Waals surface area contributed by atoms with Crippen molar-refractivity contribution in [2.75, 3.05) is 4.90 Å². The number of unbranched alkanes of at least 4 members (excludes halogenated alkanes) is 1. The van der Waals surface area contributed by atoms with Crippen molar-refractivity contribution < 1.29 is 14.3 Å². The lowest BCUT2D eigenvalue weighted by Crippen LogP contribution is -2.32. The number of rotatable bonds is 7. The van der Waals surface area contributed by atoms with Gasteiger partial charge in [0, 0.05) is 0 Å². The summed E-state index contributed by atoms with van der Waals surface area (Å²) in [5, 5.41) is 0. The van der Waals surface area contributed by atoms with Gasteiger partial charge in [0.05, 0.1) is 17.5 Å². The molecule has 2 amide bonds. The molecule has 1 saturated carbocycles.